The van der Waals surface area contributed by atoms with Gasteiger partial charge in [0.15, 0.2) is 10.9 Å². The van der Waals surface area contributed by atoms with Crippen LogP contribution >= 0.6 is 11.8 Å². The summed E-state index contributed by atoms with van der Waals surface area (Å²) in [6.07, 6.45) is 0.810. The zero-order valence-electron chi connectivity index (χ0n) is 17.9. The van der Waals surface area contributed by atoms with E-state index in [-0.39, 0.29) is 29.5 Å². The molecule has 1 N–H and O–H groups in total. The van der Waals surface area contributed by atoms with Gasteiger partial charge in [-0.15, -0.1) is 0 Å². The van der Waals surface area contributed by atoms with Crippen molar-refractivity contribution in [3.8, 4) is 0 Å². The first-order valence-corrected chi connectivity index (χ1v) is 11.2. The number of hydrogen-bond acceptors (Lipinski definition) is 6. The minimum atomic E-state index is -0.419. The van der Waals surface area contributed by atoms with E-state index in [0.717, 1.165) is 18.2 Å². The Hall–Kier alpha value is -3.04. The maximum atomic E-state index is 13.1. The van der Waals surface area contributed by atoms with E-state index >= 15 is 0 Å². The Morgan fingerprint density at radius 2 is 1.88 bits per heavy atom. The number of methoxy groups -OCH3 is 1. The quantitative estimate of drug-likeness (QED) is 0.285. The molecule has 0 aliphatic heterocycles. The predicted molar refractivity (Wildman–Crippen MR) is 122 cm³/mol. The molecule has 0 aliphatic carbocycles. The molecule has 2 aromatic carbocycles. The lowest BCUT2D eigenvalue weighted by molar-refractivity contribution is 0.0952. The number of ketones is 1. The number of Topliss-reactive ketones (excluding diaryl/α,β-unsaturated/α-hetero) is 1. The molecule has 0 saturated carbocycles. The first kappa shape index (κ1) is 23.6. The Kier molecular flexibility index (Phi) is 8.13. The molecule has 0 bridgehead atoms. The van der Waals surface area contributed by atoms with E-state index in [1.165, 1.54) is 35.9 Å². The lowest BCUT2D eigenvalue weighted by Gasteiger charge is -2.13. The Morgan fingerprint density at radius 3 is 2.56 bits per heavy atom. The SMILES string of the molecule is CCCNC(=O)c1ccc2c(=O)n(CCOC)c(SCC(=O)c3ccc(F)cc3)nc2c1. The Morgan fingerprint density at radius 1 is 1.16 bits per heavy atom. The monoisotopic (exact) mass is 457 g/mol. The summed E-state index contributed by atoms with van der Waals surface area (Å²) in [4.78, 5) is 42.5. The van der Waals surface area contributed by atoms with Gasteiger partial charge in [0, 0.05) is 24.8 Å². The molecule has 7 nitrogen and oxygen atoms in total. The summed E-state index contributed by atoms with van der Waals surface area (Å²) in [6, 6.07) is 10.1. The van der Waals surface area contributed by atoms with Gasteiger partial charge in [0.05, 0.1) is 29.8 Å². The van der Waals surface area contributed by atoms with Crippen molar-refractivity contribution in [3.63, 3.8) is 0 Å². The third kappa shape index (κ3) is 5.60. The van der Waals surface area contributed by atoms with Gasteiger partial charge in [0.1, 0.15) is 5.82 Å². The van der Waals surface area contributed by atoms with Crippen LogP contribution in [0, 0.1) is 5.82 Å². The van der Waals surface area contributed by atoms with E-state index < -0.39 is 5.82 Å². The number of amides is 1. The normalized spacial score (nSPS) is 11.0. The van der Waals surface area contributed by atoms with Crippen molar-refractivity contribution in [2.75, 3.05) is 26.0 Å². The van der Waals surface area contributed by atoms with Crippen molar-refractivity contribution in [1.82, 2.24) is 14.9 Å². The van der Waals surface area contributed by atoms with Crippen LogP contribution in [0.4, 0.5) is 4.39 Å². The number of rotatable bonds is 10. The molecule has 3 rings (SSSR count). The average Bonchev–Trinajstić information content (AvgIpc) is 2.80. The number of benzene rings is 2. The number of carbonyl (C=O) groups excluding carboxylic acids is 2. The van der Waals surface area contributed by atoms with E-state index in [9.17, 15) is 18.8 Å². The van der Waals surface area contributed by atoms with E-state index in [1.807, 2.05) is 6.92 Å². The van der Waals surface area contributed by atoms with Crippen LogP contribution in [-0.2, 0) is 11.3 Å². The maximum absolute atomic E-state index is 13.1. The van der Waals surface area contributed by atoms with Gasteiger partial charge < -0.3 is 10.1 Å². The van der Waals surface area contributed by atoms with E-state index in [4.69, 9.17) is 4.74 Å². The number of fused-ring (bicyclic) bond motifs is 1. The molecule has 0 spiro atoms. The molecule has 1 amide bonds. The van der Waals surface area contributed by atoms with Gasteiger partial charge in [-0.3, -0.25) is 19.0 Å². The lowest BCUT2D eigenvalue weighted by atomic mass is 10.1. The number of nitrogens with zero attached hydrogens (tertiary/aromatic N) is 2. The molecule has 0 saturated heterocycles. The third-order valence-electron chi connectivity index (χ3n) is 4.74. The van der Waals surface area contributed by atoms with Crippen LogP contribution in [0.5, 0.6) is 0 Å². The topological polar surface area (TPSA) is 90.3 Å². The highest BCUT2D eigenvalue weighted by atomic mass is 32.2. The van der Waals surface area contributed by atoms with Crippen LogP contribution < -0.4 is 10.9 Å². The molecule has 1 heterocycles. The first-order chi connectivity index (χ1) is 15.4. The largest absolute Gasteiger partial charge is 0.383 e. The fraction of sp³-hybridized carbons (Fsp3) is 0.304. The zero-order valence-corrected chi connectivity index (χ0v) is 18.7. The molecule has 0 atom stereocenters. The molecule has 0 radical (unpaired) electrons. The number of ether oxygens (including phenoxy) is 1. The fourth-order valence-electron chi connectivity index (χ4n) is 3.02. The highest BCUT2D eigenvalue weighted by Crippen LogP contribution is 2.20. The summed E-state index contributed by atoms with van der Waals surface area (Å²) in [7, 11) is 1.53. The molecule has 9 heteroatoms. The lowest BCUT2D eigenvalue weighted by Crippen LogP contribution is -2.26. The Labute approximate surface area is 189 Å². The van der Waals surface area contributed by atoms with Crippen molar-refractivity contribution in [3.05, 3.63) is 69.8 Å². The van der Waals surface area contributed by atoms with E-state index in [1.54, 1.807) is 18.2 Å². The summed E-state index contributed by atoms with van der Waals surface area (Å²) in [5.41, 5.74) is 0.889. The number of halogens is 1. The number of hydrogen-bond donors (Lipinski definition) is 1. The minimum absolute atomic E-state index is 0.0211. The predicted octanol–water partition coefficient (Wildman–Crippen LogP) is 3.30. The van der Waals surface area contributed by atoms with Gasteiger partial charge in [0.2, 0.25) is 0 Å². The molecule has 3 aromatic rings. The van der Waals surface area contributed by atoms with Gasteiger partial charge in [0.25, 0.3) is 11.5 Å². The Balaban J connectivity index is 1.93. The smallest absolute Gasteiger partial charge is 0.262 e. The fourth-order valence-corrected chi connectivity index (χ4v) is 3.94. The second-order valence-corrected chi connectivity index (χ2v) is 7.99. The van der Waals surface area contributed by atoms with Crippen molar-refractivity contribution < 1.29 is 18.7 Å². The molecule has 0 aliphatic rings. The third-order valence-corrected chi connectivity index (χ3v) is 5.71. The molecular formula is C23H24FN3O4S. The van der Waals surface area contributed by atoms with Crippen LogP contribution in [0.2, 0.25) is 0 Å². The maximum Gasteiger partial charge on any atom is 0.262 e. The van der Waals surface area contributed by atoms with Crippen molar-refractivity contribution in [2.24, 2.45) is 0 Å². The van der Waals surface area contributed by atoms with Crippen LogP contribution in [0.1, 0.15) is 34.1 Å². The molecule has 32 heavy (non-hydrogen) atoms. The number of thioether (sulfide) groups is 1. The number of nitrogens with one attached hydrogen (secondary N) is 1. The summed E-state index contributed by atoms with van der Waals surface area (Å²) in [5, 5.41) is 3.53. The molecule has 1 aromatic heterocycles. The van der Waals surface area contributed by atoms with Crippen LogP contribution in [0.3, 0.4) is 0 Å². The van der Waals surface area contributed by atoms with E-state index in [0.29, 0.717) is 40.3 Å². The van der Waals surface area contributed by atoms with Crippen molar-refractivity contribution in [1.29, 1.82) is 0 Å². The van der Waals surface area contributed by atoms with Crippen molar-refractivity contribution in [2.45, 2.75) is 25.0 Å². The zero-order chi connectivity index (χ0) is 23.1. The van der Waals surface area contributed by atoms with Crippen LogP contribution in [0.25, 0.3) is 10.9 Å². The highest BCUT2D eigenvalue weighted by molar-refractivity contribution is 7.99. The van der Waals surface area contributed by atoms with Gasteiger partial charge in [-0.05, 0) is 48.9 Å². The van der Waals surface area contributed by atoms with Crippen molar-refractivity contribution >= 4 is 34.4 Å². The molecular weight excluding hydrogens is 433 g/mol. The summed E-state index contributed by atoms with van der Waals surface area (Å²) in [5.74, 6) is -0.847. The van der Waals surface area contributed by atoms with E-state index in [2.05, 4.69) is 10.3 Å². The summed E-state index contributed by atoms with van der Waals surface area (Å²) >= 11 is 1.11. The second-order valence-electron chi connectivity index (χ2n) is 7.05. The van der Waals surface area contributed by atoms with Crippen LogP contribution in [0.15, 0.2) is 52.4 Å². The Bertz CT molecular complexity index is 1180. The summed E-state index contributed by atoms with van der Waals surface area (Å²) < 4.78 is 19.7. The molecule has 168 valence electrons. The van der Waals surface area contributed by atoms with Gasteiger partial charge in [-0.2, -0.15) is 0 Å². The highest BCUT2D eigenvalue weighted by Gasteiger charge is 2.16. The van der Waals surface area contributed by atoms with Gasteiger partial charge >= 0.3 is 0 Å². The number of aromatic nitrogens is 2. The number of carbonyl (C=O) groups is 2. The molecule has 0 fully saturated rings. The van der Waals surface area contributed by atoms with Gasteiger partial charge in [-0.25, -0.2) is 9.37 Å². The second kappa shape index (κ2) is 11.0. The first-order valence-electron chi connectivity index (χ1n) is 10.2. The minimum Gasteiger partial charge on any atom is -0.383 e. The standard InChI is InChI=1S/C23H24FN3O4S/c1-3-10-25-21(29)16-6-9-18-19(13-16)26-23(27(22(18)30)11-12-31-2)32-14-20(28)15-4-7-17(24)8-5-15/h4-9,13H,3,10-12,14H2,1-2H3,(H,25,29). The molecule has 0 unspecified atom stereocenters. The average molecular weight is 458 g/mol. The summed E-state index contributed by atoms with van der Waals surface area (Å²) in [6.45, 7) is 3.07. The van der Waals surface area contributed by atoms with Crippen LogP contribution in [-0.4, -0.2) is 47.3 Å². The van der Waals surface area contributed by atoms with Gasteiger partial charge in [-0.1, -0.05) is 18.7 Å².